The zero-order valence-corrected chi connectivity index (χ0v) is 15.3. The standard InChI is InChI=1S/C18H28N4OS/c1-14-17(22-9-10-24-18(22)19-14)12-20-6-2-3-16(11-20)21-7-4-15(13-23)5-8-21/h9-10,15-16,23H,2-8,11-13H2,1H3. The molecule has 1 unspecified atom stereocenters. The fourth-order valence-electron chi connectivity index (χ4n) is 4.32. The number of imidazole rings is 1. The lowest BCUT2D eigenvalue weighted by Gasteiger charge is -2.42. The average Bonchev–Trinajstić information content (AvgIpc) is 3.18. The Bertz CT molecular complexity index is 674. The third-order valence-corrected chi connectivity index (χ3v) is 6.60. The third-order valence-electron chi connectivity index (χ3n) is 5.84. The van der Waals surface area contributed by atoms with Gasteiger partial charge in [0.05, 0.1) is 11.4 Å². The maximum absolute atomic E-state index is 9.33. The van der Waals surface area contributed by atoms with Crippen molar-refractivity contribution in [2.75, 3.05) is 32.8 Å². The van der Waals surface area contributed by atoms with Crippen LogP contribution in [0.5, 0.6) is 0 Å². The van der Waals surface area contributed by atoms with Gasteiger partial charge in [-0.3, -0.25) is 14.2 Å². The Morgan fingerprint density at radius 3 is 2.88 bits per heavy atom. The third kappa shape index (κ3) is 3.25. The van der Waals surface area contributed by atoms with Gasteiger partial charge in [-0.05, 0) is 58.2 Å². The molecule has 2 aromatic heterocycles. The molecule has 5 nitrogen and oxygen atoms in total. The largest absolute Gasteiger partial charge is 0.396 e. The summed E-state index contributed by atoms with van der Waals surface area (Å²) in [6.45, 7) is 8.18. The maximum atomic E-state index is 9.33. The first-order valence-electron chi connectivity index (χ1n) is 9.23. The molecule has 2 saturated heterocycles. The number of piperidine rings is 2. The summed E-state index contributed by atoms with van der Waals surface area (Å²) in [5.74, 6) is 0.530. The van der Waals surface area contributed by atoms with Gasteiger partial charge in [-0.25, -0.2) is 4.98 Å². The predicted molar refractivity (Wildman–Crippen MR) is 97.5 cm³/mol. The van der Waals surface area contributed by atoms with Crippen LogP contribution >= 0.6 is 11.3 Å². The number of fused-ring (bicyclic) bond motifs is 1. The first-order chi connectivity index (χ1) is 11.7. The molecule has 24 heavy (non-hydrogen) atoms. The summed E-state index contributed by atoms with van der Waals surface area (Å²) < 4.78 is 2.26. The molecular formula is C18H28N4OS. The summed E-state index contributed by atoms with van der Waals surface area (Å²) in [7, 11) is 0. The summed E-state index contributed by atoms with van der Waals surface area (Å²) in [6.07, 6.45) is 7.07. The van der Waals surface area contributed by atoms with Crippen LogP contribution in [-0.2, 0) is 6.54 Å². The predicted octanol–water partition coefficient (Wildman–Crippen LogP) is 2.37. The number of rotatable bonds is 4. The summed E-state index contributed by atoms with van der Waals surface area (Å²) in [6, 6.07) is 0.685. The molecule has 0 saturated carbocycles. The number of likely N-dealkylation sites (tertiary alicyclic amines) is 2. The Labute approximate surface area is 147 Å². The van der Waals surface area contributed by atoms with Gasteiger partial charge in [0, 0.05) is 37.3 Å². The lowest BCUT2D eigenvalue weighted by molar-refractivity contribution is 0.0539. The van der Waals surface area contributed by atoms with Gasteiger partial charge in [0.25, 0.3) is 0 Å². The van der Waals surface area contributed by atoms with Gasteiger partial charge in [-0.15, -0.1) is 11.3 Å². The van der Waals surface area contributed by atoms with E-state index in [0.29, 0.717) is 18.6 Å². The van der Waals surface area contributed by atoms with Crippen molar-refractivity contribution >= 4 is 16.3 Å². The van der Waals surface area contributed by atoms with Crippen LogP contribution in [0.1, 0.15) is 37.1 Å². The first kappa shape index (κ1) is 16.5. The molecule has 1 atom stereocenters. The Hall–Kier alpha value is -0.950. The molecule has 2 fully saturated rings. The molecular weight excluding hydrogens is 320 g/mol. The fraction of sp³-hybridized carbons (Fsp3) is 0.722. The molecule has 2 aliphatic rings. The smallest absolute Gasteiger partial charge is 0.194 e. The number of aliphatic hydroxyl groups is 1. The molecule has 132 valence electrons. The lowest BCUT2D eigenvalue weighted by Crippen LogP contribution is -2.50. The highest BCUT2D eigenvalue weighted by Gasteiger charge is 2.29. The molecule has 2 aromatic rings. The van der Waals surface area contributed by atoms with Crippen LogP contribution in [0, 0.1) is 12.8 Å². The van der Waals surface area contributed by atoms with E-state index in [1.807, 2.05) is 0 Å². The summed E-state index contributed by atoms with van der Waals surface area (Å²) in [4.78, 5) is 11.1. The van der Waals surface area contributed by atoms with Crippen LogP contribution in [0.3, 0.4) is 0 Å². The Morgan fingerprint density at radius 2 is 2.08 bits per heavy atom. The minimum atomic E-state index is 0.363. The number of hydrogen-bond acceptors (Lipinski definition) is 5. The SMILES string of the molecule is Cc1nc2sccn2c1CN1CCCC(N2CCC(CO)CC2)C1. The highest BCUT2D eigenvalue weighted by atomic mass is 32.1. The number of hydrogen-bond donors (Lipinski definition) is 1. The minimum absolute atomic E-state index is 0.363. The van der Waals surface area contributed by atoms with Crippen molar-refractivity contribution in [1.82, 2.24) is 19.2 Å². The van der Waals surface area contributed by atoms with Gasteiger partial charge in [0.1, 0.15) is 0 Å². The molecule has 0 aliphatic carbocycles. The van der Waals surface area contributed by atoms with Gasteiger partial charge in [0.15, 0.2) is 4.96 Å². The molecule has 2 aliphatic heterocycles. The van der Waals surface area contributed by atoms with Crippen LogP contribution in [0.25, 0.3) is 4.96 Å². The second-order valence-electron chi connectivity index (χ2n) is 7.39. The molecule has 0 radical (unpaired) electrons. The van der Waals surface area contributed by atoms with Gasteiger partial charge in [0.2, 0.25) is 0 Å². The summed E-state index contributed by atoms with van der Waals surface area (Å²) in [5, 5.41) is 11.5. The average molecular weight is 349 g/mol. The van der Waals surface area contributed by atoms with Crippen molar-refractivity contribution < 1.29 is 5.11 Å². The van der Waals surface area contributed by atoms with E-state index in [1.165, 1.54) is 37.3 Å². The van der Waals surface area contributed by atoms with E-state index in [1.54, 1.807) is 11.3 Å². The topological polar surface area (TPSA) is 44.0 Å². The van der Waals surface area contributed by atoms with E-state index < -0.39 is 0 Å². The second kappa shape index (κ2) is 7.12. The van der Waals surface area contributed by atoms with Crippen molar-refractivity contribution in [1.29, 1.82) is 0 Å². The Balaban J connectivity index is 1.40. The number of nitrogens with zero attached hydrogens (tertiary/aromatic N) is 4. The van der Waals surface area contributed by atoms with E-state index >= 15 is 0 Å². The Kier molecular flexibility index (Phi) is 4.90. The molecule has 0 amide bonds. The summed E-state index contributed by atoms with van der Waals surface area (Å²) >= 11 is 1.71. The molecule has 0 bridgehead atoms. The molecule has 1 N–H and O–H groups in total. The molecule has 0 aromatic carbocycles. The molecule has 6 heteroatoms. The lowest BCUT2D eigenvalue weighted by atomic mass is 9.94. The van der Waals surface area contributed by atoms with Crippen LogP contribution < -0.4 is 0 Å². The van der Waals surface area contributed by atoms with Crippen molar-refractivity contribution in [3.05, 3.63) is 23.0 Å². The maximum Gasteiger partial charge on any atom is 0.194 e. The van der Waals surface area contributed by atoms with Crippen molar-refractivity contribution in [2.45, 2.75) is 45.2 Å². The zero-order chi connectivity index (χ0) is 16.5. The first-order valence-corrected chi connectivity index (χ1v) is 10.1. The van der Waals surface area contributed by atoms with E-state index in [4.69, 9.17) is 0 Å². The molecule has 4 rings (SSSR count). The fourth-order valence-corrected chi connectivity index (χ4v) is 5.10. The number of thiazole rings is 1. The normalized spacial score (nSPS) is 24.8. The number of aromatic nitrogens is 2. The zero-order valence-electron chi connectivity index (χ0n) is 14.5. The van der Waals surface area contributed by atoms with Gasteiger partial charge in [-0.1, -0.05) is 0 Å². The highest BCUT2D eigenvalue weighted by Crippen LogP contribution is 2.25. The van der Waals surface area contributed by atoms with Gasteiger partial charge < -0.3 is 5.11 Å². The Morgan fingerprint density at radius 1 is 1.25 bits per heavy atom. The van der Waals surface area contributed by atoms with Crippen LogP contribution in [0.15, 0.2) is 11.6 Å². The van der Waals surface area contributed by atoms with E-state index in [2.05, 4.69) is 37.7 Å². The highest BCUT2D eigenvalue weighted by molar-refractivity contribution is 7.15. The quantitative estimate of drug-likeness (QED) is 0.921. The van der Waals surface area contributed by atoms with Crippen molar-refractivity contribution in [2.24, 2.45) is 5.92 Å². The minimum Gasteiger partial charge on any atom is -0.396 e. The van der Waals surface area contributed by atoms with Gasteiger partial charge >= 0.3 is 0 Å². The van der Waals surface area contributed by atoms with E-state index in [0.717, 1.165) is 37.4 Å². The van der Waals surface area contributed by atoms with E-state index in [9.17, 15) is 5.11 Å². The van der Waals surface area contributed by atoms with Crippen molar-refractivity contribution in [3.63, 3.8) is 0 Å². The van der Waals surface area contributed by atoms with Gasteiger partial charge in [-0.2, -0.15) is 0 Å². The van der Waals surface area contributed by atoms with Crippen LogP contribution in [0.4, 0.5) is 0 Å². The van der Waals surface area contributed by atoms with Crippen LogP contribution in [0.2, 0.25) is 0 Å². The van der Waals surface area contributed by atoms with Crippen molar-refractivity contribution in [3.8, 4) is 0 Å². The number of aryl methyl sites for hydroxylation is 1. The molecule has 4 heterocycles. The second-order valence-corrected chi connectivity index (χ2v) is 8.27. The summed E-state index contributed by atoms with van der Waals surface area (Å²) in [5.41, 5.74) is 2.53. The number of aliphatic hydroxyl groups excluding tert-OH is 1. The molecule has 0 spiro atoms. The van der Waals surface area contributed by atoms with E-state index in [-0.39, 0.29) is 0 Å². The van der Waals surface area contributed by atoms with Crippen LogP contribution in [-0.4, -0.2) is 63.1 Å². The monoisotopic (exact) mass is 348 g/mol.